The Bertz CT molecular complexity index is 357. The molecular weight excluding hydrogens is 248 g/mol. The van der Waals surface area contributed by atoms with Crippen LogP contribution in [0.25, 0.3) is 5.57 Å². The van der Waals surface area contributed by atoms with E-state index in [4.69, 9.17) is 0 Å². The van der Waals surface area contributed by atoms with Gasteiger partial charge in [-0.25, -0.2) is 0 Å². The maximum Gasteiger partial charge on any atom is 0.0175 e. The van der Waals surface area contributed by atoms with E-state index in [0.29, 0.717) is 0 Å². The van der Waals surface area contributed by atoms with Crippen molar-refractivity contribution in [2.24, 2.45) is 0 Å². The van der Waals surface area contributed by atoms with Gasteiger partial charge in [0, 0.05) is 4.47 Å². The third kappa shape index (κ3) is 4.30. The first kappa shape index (κ1) is 12.0. The van der Waals surface area contributed by atoms with Crippen LogP contribution in [0, 0.1) is 0 Å². The van der Waals surface area contributed by atoms with Crippen molar-refractivity contribution >= 4 is 21.5 Å². The molecule has 15 heavy (non-hydrogen) atoms. The van der Waals surface area contributed by atoms with Crippen molar-refractivity contribution in [1.82, 2.24) is 0 Å². The number of benzene rings is 1. The molecule has 0 radical (unpaired) electrons. The second-order valence-corrected chi connectivity index (χ2v) is 4.22. The highest BCUT2D eigenvalue weighted by molar-refractivity contribution is 9.10. The van der Waals surface area contributed by atoms with Crippen LogP contribution in [-0.4, -0.2) is 0 Å². The zero-order valence-corrected chi connectivity index (χ0v) is 10.3. The van der Waals surface area contributed by atoms with Crippen LogP contribution >= 0.6 is 15.9 Å². The normalized spacial score (nSPS) is 10.5. The molecule has 0 fully saturated rings. The van der Waals surface area contributed by atoms with Gasteiger partial charge in [0.2, 0.25) is 0 Å². The Morgan fingerprint density at radius 2 is 1.87 bits per heavy atom. The lowest BCUT2D eigenvalue weighted by Gasteiger charge is -2.00. The maximum atomic E-state index is 4.02. The van der Waals surface area contributed by atoms with Crippen LogP contribution in [0.15, 0.2) is 60.1 Å². The average Bonchev–Trinajstić information content (AvgIpc) is 2.25. The van der Waals surface area contributed by atoms with E-state index < -0.39 is 0 Å². The number of unbranched alkanes of at least 4 members (excludes halogenated alkanes) is 1. The standard InChI is InChI=1S/C14H15Br/c1-3-4-5-6-7-12(2)13-8-10-14(15)11-9-13/h3,6-11H,1-2,4-5H2. The molecule has 0 aliphatic carbocycles. The predicted octanol–water partition coefficient (Wildman–Crippen LogP) is 4.98. The highest BCUT2D eigenvalue weighted by Crippen LogP contribution is 2.17. The quantitative estimate of drug-likeness (QED) is 0.399. The smallest absolute Gasteiger partial charge is 0.0175 e. The van der Waals surface area contributed by atoms with Gasteiger partial charge in [-0.1, -0.05) is 52.9 Å². The van der Waals surface area contributed by atoms with Crippen LogP contribution in [0.5, 0.6) is 0 Å². The summed E-state index contributed by atoms with van der Waals surface area (Å²) in [6, 6.07) is 8.17. The summed E-state index contributed by atoms with van der Waals surface area (Å²) in [5.74, 6) is 0. The van der Waals surface area contributed by atoms with Crippen LogP contribution in [0.3, 0.4) is 0 Å². The van der Waals surface area contributed by atoms with Crippen molar-refractivity contribution in [3.8, 4) is 0 Å². The summed E-state index contributed by atoms with van der Waals surface area (Å²) in [5, 5.41) is 0. The Labute approximate surface area is 100 Å². The summed E-state index contributed by atoms with van der Waals surface area (Å²) in [5.41, 5.74) is 2.21. The molecule has 0 spiro atoms. The van der Waals surface area contributed by atoms with E-state index in [9.17, 15) is 0 Å². The Morgan fingerprint density at radius 1 is 1.20 bits per heavy atom. The third-order valence-corrected chi connectivity index (χ3v) is 2.60. The van der Waals surface area contributed by atoms with Gasteiger partial charge in [0.25, 0.3) is 0 Å². The summed E-state index contributed by atoms with van der Waals surface area (Å²) < 4.78 is 1.09. The fourth-order valence-electron chi connectivity index (χ4n) is 1.20. The van der Waals surface area contributed by atoms with Crippen molar-refractivity contribution in [2.75, 3.05) is 0 Å². The molecule has 0 amide bonds. The fraction of sp³-hybridized carbons (Fsp3) is 0.143. The van der Waals surface area contributed by atoms with Gasteiger partial charge >= 0.3 is 0 Å². The van der Waals surface area contributed by atoms with Gasteiger partial charge in [-0.2, -0.15) is 0 Å². The Balaban J connectivity index is 2.57. The van der Waals surface area contributed by atoms with Crippen molar-refractivity contribution in [1.29, 1.82) is 0 Å². The minimum Gasteiger partial charge on any atom is -0.103 e. The number of halogens is 1. The van der Waals surface area contributed by atoms with Crippen LogP contribution < -0.4 is 0 Å². The molecule has 0 heterocycles. The zero-order valence-electron chi connectivity index (χ0n) is 8.75. The Morgan fingerprint density at radius 3 is 2.47 bits per heavy atom. The molecule has 0 aliphatic rings. The molecule has 0 atom stereocenters. The molecule has 0 unspecified atom stereocenters. The number of hydrogen-bond acceptors (Lipinski definition) is 0. The molecular formula is C14H15Br. The monoisotopic (exact) mass is 262 g/mol. The highest BCUT2D eigenvalue weighted by atomic mass is 79.9. The second kappa shape index (κ2) is 6.41. The van der Waals surface area contributed by atoms with Crippen molar-refractivity contribution < 1.29 is 0 Å². The van der Waals surface area contributed by atoms with Crippen molar-refractivity contribution in [2.45, 2.75) is 12.8 Å². The lowest BCUT2D eigenvalue weighted by Crippen LogP contribution is -1.78. The molecule has 0 N–H and O–H groups in total. The van der Waals surface area contributed by atoms with Gasteiger partial charge in [-0.15, -0.1) is 6.58 Å². The summed E-state index contributed by atoms with van der Waals surface area (Å²) in [6.07, 6.45) is 8.16. The van der Waals surface area contributed by atoms with E-state index in [0.717, 1.165) is 28.5 Å². The van der Waals surface area contributed by atoms with Gasteiger partial charge in [-0.05, 0) is 36.1 Å². The summed E-state index contributed by atoms with van der Waals surface area (Å²) in [4.78, 5) is 0. The number of rotatable bonds is 5. The van der Waals surface area contributed by atoms with E-state index in [1.165, 1.54) is 0 Å². The lowest BCUT2D eigenvalue weighted by atomic mass is 10.1. The molecule has 1 aromatic carbocycles. The topological polar surface area (TPSA) is 0 Å². The van der Waals surface area contributed by atoms with E-state index in [1.54, 1.807) is 0 Å². The van der Waals surface area contributed by atoms with Gasteiger partial charge in [-0.3, -0.25) is 0 Å². The Kier molecular flexibility index (Phi) is 5.13. The summed E-state index contributed by atoms with van der Waals surface area (Å²) in [6.45, 7) is 7.71. The van der Waals surface area contributed by atoms with E-state index in [2.05, 4.69) is 53.4 Å². The predicted molar refractivity (Wildman–Crippen MR) is 71.7 cm³/mol. The molecule has 0 saturated carbocycles. The molecule has 0 bridgehead atoms. The SMILES string of the molecule is C=CCCC=CC(=C)c1ccc(Br)cc1. The third-order valence-electron chi connectivity index (χ3n) is 2.07. The minimum atomic E-state index is 1.02. The minimum absolute atomic E-state index is 1.02. The number of hydrogen-bond donors (Lipinski definition) is 0. The first-order valence-corrected chi connectivity index (χ1v) is 5.75. The molecule has 0 aliphatic heterocycles. The van der Waals surface area contributed by atoms with Crippen LogP contribution in [-0.2, 0) is 0 Å². The number of allylic oxidation sites excluding steroid dienone is 4. The van der Waals surface area contributed by atoms with Gasteiger partial charge in [0.15, 0.2) is 0 Å². The molecule has 1 rings (SSSR count). The van der Waals surface area contributed by atoms with E-state index in [1.807, 2.05) is 18.2 Å². The first-order valence-electron chi connectivity index (χ1n) is 4.96. The van der Waals surface area contributed by atoms with Crippen molar-refractivity contribution in [3.63, 3.8) is 0 Å². The Hall–Kier alpha value is -1.08. The lowest BCUT2D eigenvalue weighted by molar-refractivity contribution is 1.06. The van der Waals surface area contributed by atoms with E-state index in [-0.39, 0.29) is 0 Å². The molecule has 0 saturated heterocycles. The first-order chi connectivity index (χ1) is 7.24. The van der Waals surface area contributed by atoms with Crippen LogP contribution in [0.1, 0.15) is 18.4 Å². The maximum absolute atomic E-state index is 4.02. The molecule has 78 valence electrons. The van der Waals surface area contributed by atoms with Crippen LogP contribution in [0.2, 0.25) is 0 Å². The van der Waals surface area contributed by atoms with Crippen molar-refractivity contribution in [3.05, 3.63) is 65.7 Å². The average molecular weight is 263 g/mol. The largest absolute Gasteiger partial charge is 0.103 e. The second-order valence-electron chi connectivity index (χ2n) is 3.30. The fourth-order valence-corrected chi connectivity index (χ4v) is 1.46. The van der Waals surface area contributed by atoms with Gasteiger partial charge in [0.1, 0.15) is 0 Å². The molecule has 0 aromatic heterocycles. The zero-order chi connectivity index (χ0) is 11.1. The summed E-state index contributed by atoms with van der Waals surface area (Å²) in [7, 11) is 0. The molecule has 1 aromatic rings. The molecule has 0 nitrogen and oxygen atoms in total. The van der Waals surface area contributed by atoms with Gasteiger partial charge in [0.05, 0.1) is 0 Å². The van der Waals surface area contributed by atoms with Gasteiger partial charge < -0.3 is 0 Å². The molecule has 1 heteroatoms. The summed E-state index contributed by atoms with van der Waals surface area (Å²) >= 11 is 3.41. The van der Waals surface area contributed by atoms with Crippen LogP contribution in [0.4, 0.5) is 0 Å². The van der Waals surface area contributed by atoms with E-state index >= 15 is 0 Å². The highest BCUT2D eigenvalue weighted by Gasteiger charge is 1.93.